The predicted octanol–water partition coefficient (Wildman–Crippen LogP) is 9.76. The van der Waals surface area contributed by atoms with Crippen LogP contribution < -0.4 is 0 Å². The molecule has 58 heavy (non-hydrogen) atoms. The van der Waals surface area contributed by atoms with Gasteiger partial charge in [0.15, 0.2) is 16.7 Å². The van der Waals surface area contributed by atoms with Gasteiger partial charge in [-0.25, -0.2) is 19.3 Å². The first-order chi connectivity index (χ1) is 28.3. The van der Waals surface area contributed by atoms with Crippen LogP contribution in [-0.2, 0) is 32.7 Å². The smallest absolute Gasteiger partial charge is 0.431 e. The quantitative estimate of drug-likeness (QED) is 0.0567. The standard InChI is InChI=1S/C46H43ClN6O5/c1-4-5-25-40-48-42(47)41(44(54)56-31-57-45(55)58-32(2)3)52(40)30-33-26-28-34(29-27-33)38-23-15-16-24-39(38)43-49-50-51-53(43)46(35-17-9-6-10-18-35,36-19-11-7-12-20-36)37-21-13-8-14-22-37/h6-24,26-29,32H,4-5,25,30-31H2,1-3H3. The fourth-order valence-corrected chi connectivity index (χ4v) is 7.45. The number of carbonyl (C=O) groups excluding carboxylic acids is 2. The number of unbranched alkanes of at least 4 members (excludes halogenated alkanes) is 1. The number of hydrogen-bond donors (Lipinski definition) is 0. The number of esters is 1. The van der Waals surface area contributed by atoms with E-state index in [0.717, 1.165) is 51.8 Å². The van der Waals surface area contributed by atoms with Gasteiger partial charge in [-0.2, -0.15) is 0 Å². The molecule has 0 saturated carbocycles. The summed E-state index contributed by atoms with van der Waals surface area (Å²) in [5, 5.41) is 13.8. The SMILES string of the molecule is CCCCc1nc(Cl)c(C(=O)OCOC(=O)OC(C)C)n1Cc1ccc(-c2ccccc2-c2nnnn2C(c2ccccc2)(c2ccccc2)c2ccccc2)cc1. The van der Waals surface area contributed by atoms with Crippen molar-refractivity contribution in [2.24, 2.45) is 0 Å². The molecule has 0 saturated heterocycles. The molecule has 0 spiro atoms. The third kappa shape index (κ3) is 8.26. The molecule has 0 N–H and O–H groups in total. The van der Waals surface area contributed by atoms with Gasteiger partial charge in [0.2, 0.25) is 6.79 Å². The predicted molar refractivity (Wildman–Crippen MR) is 221 cm³/mol. The number of tetrazole rings is 1. The molecule has 0 unspecified atom stereocenters. The van der Waals surface area contributed by atoms with Gasteiger partial charge in [0.25, 0.3) is 0 Å². The third-order valence-electron chi connectivity index (χ3n) is 9.79. The van der Waals surface area contributed by atoms with E-state index >= 15 is 0 Å². The van der Waals surface area contributed by atoms with E-state index in [1.807, 2.05) is 102 Å². The normalized spacial score (nSPS) is 11.4. The minimum Gasteiger partial charge on any atom is -0.431 e. The van der Waals surface area contributed by atoms with Crippen LogP contribution in [0.15, 0.2) is 140 Å². The average Bonchev–Trinajstić information content (AvgIpc) is 3.86. The monoisotopic (exact) mass is 794 g/mol. The number of benzene rings is 5. The van der Waals surface area contributed by atoms with Gasteiger partial charge in [-0.05, 0) is 64.1 Å². The van der Waals surface area contributed by atoms with Crippen LogP contribution in [0.25, 0.3) is 22.5 Å². The minimum absolute atomic E-state index is 0.0155. The Labute approximate surface area is 342 Å². The number of imidazole rings is 1. The van der Waals surface area contributed by atoms with Gasteiger partial charge < -0.3 is 18.8 Å². The fourth-order valence-electron chi connectivity index (χ4n) is 7.17. The summed E-state index contributed by atoms with van der Waals surface area (Å²) in [7, 11) is 0. The lowest BCUT2D eigenvalue weighted by Gasteiger charge is -2.36. The molecule has 0 aliphatic heterocycles. The van der Waals surface area contributed by atoms with E-state index in [2.05, 4.69) is 59.6 Å². The molecule has 7 rings (SSSR count). The maximum absolute atomic E-state index is 13.3. The molecule has 0 aliphatic rings. The van der Waals surface area contributed by atoms with Crippen molar-refractivity contribution >= 4 is 23.7 Å². The summed E-state index contributed by atoms with van der Waals surface area (Å²) in [4.78, 5) is 29.7. The zero-order valence-corrected chi connectivity index (χ0v) is 33.3. The van der Waals surface area contributed by atoms with E-state index in [9.17, 15) is 9.59 Å². The summed E-state index contributed by atoms with van der Waals surface area (Å²) in [6.45, 7) is 5.13. The Kier molecular flexibility index (Phi) is 12.4. The van der Waals surface area contributed by atoms with Crippen LogP contribution in [0.2, 0.25) is 5.15 Å². The molecule has 2 heterocycles. The highest BCUT2D eigenvalue weighted by Crippen LogP contribution is 2.43. The van der Waals surface area contributed by atoms with Gasteiger partial charge in [-0.1, -0.05) is 164 Å². The maximum atomic E-state index is 13.3. The number of halogens is 1. The molecule has 0 radical (unpaired) electrons. The van der Waals surface area contributed by atoms with Crippen molar-refractivity contribution in [2.75, 3.05) is 6.79 Å². The number of rotatable bonds is 15. The summed E-state index contributed by atoms with van der Waals surface area (Å²) in [5.41, 5.74) is 5.80. The number of ether oxygens (including phenoxy) is 3. The van der Waals surface area contributed by atoms with Crippen molar-refractivity contribution in [3.8, 4) is 22.5 Å². The van der Waals surface area contributed by atoms with Crippen molar-refractivity contribution in [1.29, 1.82) is 0 Å². The molecule has 7 aromatic rings. The molecule has 0 aliphatic carbocycles. The molecular weight excluding hydrogens is 752 g/mol. The Morgan fingerprint density at radius 1 is 0.741 bits per heavy atom. The number of carbonyl (C=O) groups is 2. The number of aryl methyl sites for hydroxylation is 1. The van der Waals surface area contributed by atoms with E-state index in [-0.39, 0.29) is 17.0 Å². The van der Waals surface area contributed by atoms with Crippen LogP contribution in [0.5, 0.6) is 0 Å². The lowest BCUT2D eigenvalue weighted by molar-refractivity contribution is -0.0349. The van der Waals surface area contributed by atoms with Gasteiger partial charge in [0.05, 0.1) is 6.10 Å². The highest BCUT2D eigenvalue weighted by Gasteiger charge is 2.42. The van der Waals surface area contributed by atoms with Gasteiger partial charge in [0.1, 0.15) is 11.4 Å². The Bertz CT molecular complexity index is 2360. The first kappa shape index (κ1) is 39.6. The van der Waals surface area contributed by atoms with E-state index in [1.54, 1.807) is 18.4 Å². The maximum Gasteiger partial charge on any atom is 0.511 e. The first-order valence-electron chi connectivity index (χ1n) is 19.2. The molecule has 0 atom stereocenters. The van der Waals surface area contributed by atoms with Crippen LogP contribution >= 0.6 is 11.6 Å². The first-order valence-corrected chi connectivity index (χ1v) is 19.6. The minimum atomic E-state index is -0.938. The van der Waals surface area contributed by atoms with Gasteiger partial charge >= 0.3 is 12.1 Å². The molecule has 0 bridgehead atoms. The highest BCUT2D eigenvalue weighted by molar-refractivity contribution is 6.32. The number of aromatic nitrogens is 6. The van der Waals surface area contributed by atoms with Crippen LogP contribution in [0.3, 0.4) is 0 Å². The zero-order chi connectivity index (χ0) is 40.5. The zero-order valence-electron chi connectivity index (χ0n) is 32.5. The summed E-state index contributed by atoms with van der Waals surface area (Å²) >= 11 is 6.55. The van der Waals surface area contributed by atoms with Gasteiger partial charge in [0, 0.05) is 18.5 Å². The highest BCUT2D eigenvalue weighted by atomic mass is 35.5. The second-order valence-corrected chi connectivity index (χ2v) is 14.3. The number of hydrogen-bond acceptors (Lipinski definition) is 9. The Hall–Kier alpha value is -6.59. The van der Waals surface area contributed by atoms with E-state index in [4.69, 9.17) is 36.1 Å². The van der Waals surface area contributed by atoms with E-state index in [1.165, 1.54) is 0 Å². The van der Waals surface area contributed by atoms with Gasteiger partial charge in [-0.3, -0.25) is 0 Å². The Morgan fingerprint density at radius 2 is 1.31 bits per heavy atom. The lowest BCUT2D eigenvalue weighted by Crippen LogP contribution is -2.39. The second-order valence-electron chi connectivity index (χ2n) is 13.9. The van der Waals surface area contributed by atoms with Crippen LogP contribution in [0.1, 0.15) is 72.2 Å². The topological polar surface area (TPSA) is 123 Å². The molecule has 12 heteroatoms. The van der Waals surface area contributed by atoms with Crippen LogP contribution in [0.4, 0.5) is 4.79 Å². The largest absolute Gasteiger partial charge is 0.511 e. The van der Waals surface area contributed by atoms with Crippen molar-refractivity contribution in [3.63, 3.8) is 0 Å². The summed E-state index contributed by atoms with van der Waals surface area (Å²) < 4.78 is 18.8. The third-order valence-corrected chi connectivity index (χ3v) is 10.0. The molecular formula is C46H43ClN6O5. The number of nitrogens with zero attached hydrogens (tertiary/aromatic N) is 6. The van der Waals surface area contributed by atoms with E-state index < -0.39 is 24.5 Å². The molecule has 2 aromatic heterocycles. The summed E-state index contributed by atoms with van der Waals surface area (Å²) in [6.07, 6.45) is 1.07. The molecule has 294 valence electrons. The van der Waals surface area contributed by atoms with Crippen molar-refractivity contribution in [2.45, 2.75) is 58.2 Å². The molecule has 0 amide bonds. The summed E-state index contributed by atoms with van der Waals surface area (Å²) in [5.74, 6) is 0.479. The molecule has 5 aromatic carbocycles. The molecule has 11 nitrogen and oxygen atoms in total. The Balaban J connectivity index is 1.24. The fraction of sp³-hybridized carbons (Fsp3) is 0.217. The van der Waals surface area contributed by atoms with Crippen molar-refractivity contribution < 1.29 is 23.8 Å². The van der Waals surface area contributed by atoms with Crippen molar-refractivity contribution in [1.82, 2.24) is 29.8 Å². The van der Waals surface area contributed by atoms with Gasteiger partial charge in [-0.15, -0.1) is 5.10 Å². The van der Waals surface area contributed by atoms with E-state index in [0.29, 0.717) is 24.6 Å². The van der Waals surface area contributed by atoms with Crippen LogP contribution in [-0.4, -0.2) is 54.8 Å². The average molecular weight is 795 g/mol. The van der Waals surface area contributed by atoms with Crippen LogP contribution in [0, 0.1) is 0 Å². The second kappa shape index (κ2) is 18.1. The lowest BCUT2D eigenvalue weighted by atomic mass is 9.77. The summed E-state index contributed by atoms with van der Waals surface area (Å²) in [6, 6.07) is 47.1. The van der Waals surface area contributed by atoms with Crippen molar-refractivity contribution in [3.05, 3.63) is 178 Å². The Morgan fingerprint density at radius 3 is 1.88 bits per heavy atom. The molecule has 0 fully saturated rings.